The Balaban J connectivity index is 1.70. The molecule has 0 unspecified atom stereocenters. The molecule has 94 valence electrons. The Hall–Kier alpha value is -0.0800. The Kier molecular flexibility index (Phi) is 5.11. The second-order valence-electron chi connectivity index (χ2n) is 5.53. The second kappa shape index (κ2) is 6.61. The van der Waals surface area contributed by atoms with Gasteiger partial charge in [0.15, 0.2) is 0 Å². The van der Waals surface area contributed by atoms with Crippen LogP contribution in [-0.2, 0) is 0 Å². The van der Waals surface area contributed by atoms with Gasteiger partial charge in [-0.2, -0.15) is 0 Å². The number of piperidine rings is 2. The van der Waals surface area contributed by atoms with Gasteiger partial charge in [-0.05, 0) is 58.2 Å². The van der Waals surface area contributed by atoms with E-state index in [1.165, 1.54) is 71.0 Å². The molecule has 2 nitrogen and oxygen atoms in total. The van der Waals surface area contributed by atoms with E-state index in [1.807, 2.05) is 0 Å². The van der Waals surface area contributed by atoms with Crippen LogP contribution in [0.2, 0.25) is 0 Å². The maximum absolute atomic E-state index is 3.66. The Morgan fingerprint density at radius 2 is 2.00 bits per heavy atom. The molecule has 2 heterocycles. The summed E-state index contributed by atoms with van der Waals surface area (Å²) in [6, 6.07) is 1.70. The lowest BCUT2D eigenvalue weighted by Gasteiger charge is -2.36. The maximum Gasteiger partial charge on any atom is 0.00926 e. The van der Waals surface area contributed by atoms with Crippen LogP contribution in [0.25, 0.3) is 0 Å². The van der Waals surface area contributed by atoms with E-state index in [4.69, 9.17) is 0 Å². The van der Waals surface area contributed by atoms with Crippen LogP contribution in [0.1, 0.15) is 58.3 Å². The van der Waals surface area contributed by atoms with Crippen molar-refractivity contribution in [3.8, 4) is 0 Å². The van der Waals surface area contributed by atoms with E-state index in [1.54, 1.807) is 0 Å². The third kappa shape index (κ3) is 3.46. The number of nitrogens with zero attached hydrogens (tertiary/aromatic N) is 1. The summed E-state index contributed by atoms with van der Waals surface area (Å²) in [5.74, 6) is 0. The number of likely N-dealkylation sites (tertiary alicyclic amines) is 1. The molecule has 16 heavy (non-hydrogen) atoms. The minimum absolute atomic E-state index is 0.813. The standard InChI is InChI=1S/C14H28N2/c1-2-14-8-4-6-11-16(14)12-9-13-7-3-5-10-15-13/h13-15H,2-12H2,1H3/t13-,14-/m0/s1. The first-order valence-corrected chi connectivity index (χ1v) is 7.37. The Morgan fingerprint density at radius 1 is 1.12 bits per heavy atom. The largest absolute Gasteiger partial charge is 0.314 e. The van der Waals surface area contributed by atoms with Gasteiger partial charge in [0, 0.05) is 12.1 Å². The van der Waals surface area contributed by atoms with E-state index in [-0.39, 0.29) is 0 Å². The highest BCUT2D eigenvalue weighted by Gasteiger charge is 2.21. The summed E-state index contributed by atoms with van der Waals surface area (Å²) in [6.07, 6.45) is 11.3. The van der Waals surface area contributed by atoms with Crippen molar-refractivity contribution in [3.63, 3.8) is 0 Å². The lowest BCUT2D eigenvalue weighted by atomic mass is 9.97. The molecule has 0 spiro atoms. The quantitative estimate of drug-likeness (QED) is 0.790. The van der Waals surface area contributed by atoms with Crippen molar-refractivity contribution in [1.82, 2.24) is 10.2 Å². The number of nitrogens with one attached hydrogen (secondary N) is 1. The Labute approximate surface area is 101 Å². The van der Waals surface area contributed by atoms with Gasteiger partial charge in [-0.3, -0.25) is 0 Å². The van der Waals surface area contributed by atoms with Gasteiger partial charge < -0.3 is 10.2 Å². The highest BCUT2D eigenvalue weighted by molar-refractivity contribution is 4.79. The van der Waals surface area contributed by atoms with Crippen LogP contribution in [0.15, 0.2) is 0 Å². The number of hydrogen-bond donors (Lipinski definition) is 1. The number of hydrogen-bond acceptors (Lipinski definition) is 2. The van der Waals surface area contributed by atoms with Crippen LogP contribution in [0.4, 0.5) is 0 Å². The van der Waals surface area contributed by atoms with E-state index >= 15 is 0 Å². The van der Waals surface area contributed by atoms with E-state index < -0.39 is 0 Å². The Bertz CT molecular complexity index is 187. The molecule has 1 N–H and O–H groups in total. The minimum atomic E-state index is 0.813. The Morgan fingerprint density at radius 3 is 2.75 bits per heavy atom. The van der Waals surface area contributed by atoms with Gasteiger partial charge in [-0.15, -0.1) is 0 Å². The molecule has 0 saturated carbocycles. The molecule has 0 aromatic rings. The van der Waals surface area contributed by atoms with Gasteiger partial charge in [0.2, 0.25) is 0 Å². The summed E-state index contributed by atoms with van der Waals surface area (Å²) in [5.41, 5.74) is 0. The molecule has 0 radical (unpaired) electrons. The summed E-state index contributed by atoms with van der Waals surface area (Å²) in [5, 5.41) is 3.66. The average molecular weight is 224 g/mol. The van der Waals surface area contributed by atoms with Crippen LogP contribution >= 0.6 is 0 Å². The molecule has 0 aromatic heterocycles. The first-order valence-electron chi connectivity index (χ1n) is 7.37. The van der Waals surface area contributed by atoms with Crippen LogP contribution < -0.4 is 5.32 Å². The van der Waals surface area contributed by atoms with E-state index in [2.05, 4.69) is 17.1 Å². The van der Waals surface area contributed by atoms with Crippen molar-refractivity contribution in [1.29, 1.82) is 0 Å². The molecule has 0 bridgehead atoms. The second-order valence-corrected chi connectivity index (χ2v) is 5.53. The zero-order valence-corrected chi connectivity index (χ0v) is 10.9. The zero-order chi connectivity index (χ0) is 11.2. The molecular formula is C14H28N2. The SMILES string of the molecule is CC[C@H]1CCCCN1CC[C@@H]1CCCCN1. The number of rotatable bonds is 4. The summed E-state index contributed by atoms with van der Waals surface area (Å²) in [4.78, 5) is 2.75. The normalized spacial score (nSPS) is 32.8. The molecule has 2 saturated heterocycles. The minimum Gasteiger partial charge on any atom is -0.314 e. The fourth-order valence-electron chi connectivity index (χ4n) is 3.31. The lowest BCUT2D eigenvalue weighted by Crippen LogP contribution is -2.43. The topological polar surface area (TPSA) is 15.3 Å². The molecule has 0 aromatic carbocycles. The van der Waals surface area contributed by atoms with Crippen molar-refractivity contribution in [2.24, 2.45) is 0 Å². The lowest BCUT2D eigenvalue weighted by molar-refractivity contribution is 0.135. The highest BCUT2D eigenvalue weighted by atomic mass is 15.2. The van der Waals surface area contributed by atoms with Crippen molar-refractivity contribution in [2.45, 2.75) is 70.4 Å². The van der Waals surface area contributed by atoms with Gasteiger partial charge in [-0.1, -0.05) is 19.8 Å². The van der Waals surface area contributed by atoms with Crippen LogP contribution in [-0.4, -0.2) is 36.6 Å². The van der Waals surface area contributed by atoms with Crippen molar-refractivity contribution < 1.29 is 0 Å². The fraction of sp³-hybridized carbons (Fsp3) is 1.00. The molecule has 2 heteroatoms. The van der Waals surface area contributed by atoms with Gasteiger partial charge in [0.1, 0.15) is 0 Å². The van der Waals surface area contributed by atoms with Crippen molar-refractivity contribution in [3.05, 3.63) is 0 Å². The van der Waals surface area contributed by atoms with Gasteiger partial charge in [0.05, 0.1) is 0 Å². The van der Waals surface area contributed by atoms with Gasteiger partial charge in [-0.25, -0.2) is 0 Å². The molecule has 0 amide bonds. The fourth-order valence-corrected chi connectivity index (χ4v) is 3.31. The van der Waals surface area contributed by atoms with Gasteiger partial charge in [0.25, 0.3) is 0 Å². The molecular weight excluding hydrogens is 196 g/mol. The summed E-state index contributed by atoms with van der Waals surface area (Å²) >= 11 is 0. The third-order valence-electron chi connectivity index (χ3n) is 4.40. The molecule has 2 aliphatic heterocycles. The molecule has 0 aliphatic carbocycles. The maximum atomic E-state index is 3.66. The van der Waals surface area contributed by atoms with Crippen LogP contribution in [0.5, 0.6) is 0 Å². The predicted octanol–water partition coefficient (Wildman–Crippen LogP) is 2.78. The van der Waals surface area contributed by atoms with E-state index in [0.29, 0.717) is 0 Å². The summed E-state index contributed by atoms with van der Waals surface area (Å²) < 4.78 is 0. The third-order valence-corrected chi connectivity index (χ3v) is 4.40. The molecule has 2 fully saturated rings. The molecule has 2 aliphatic rings. The van der Waals surface area contributed by atoms with Crippen LogP contribution in [0.3, 0.4) is 0 Å². The van der Waals surface area contributed by atoms with Gasteiger partial charge >= 0.3 is 0 Å². The van der Waals surface area contributed by atoms with Crippen molar-refractivity contribution in [2.75, 3.05) is 19.6 Å². The van der Waals surface area contributed by atoms with E-state index in [9.17, 15) is 0 Å². The van der Waals surface area contributed by atoms with Crippen molar-refractivity contribution >= 4 is 0 Å². The summed E-state index contributed by atoms with van der Waals surface area (Å²) in [7, 11) is 0. The molecule has 2 atom stereocenters. The zero-order valence-electron chi connectivity index (χ0n) is 10.9. The predicted molar refractivity (Wildman–Crippen MR) is 69.8 cm³/mol. The van der Waals surface area contributed by atoms with Crippen LogP contribution in [0, 0.1) is 0 Å². The monoisotopic (exact) mass is 224 g/mol. The molecule has 2 rings (SSSR count). The first kappa shape index (κ1) is 12.4. The van der Waals surface area contributed by atoms with E-state index in [0.717, 1.165) is 12.1 Å². The average Bonchev–Trinajstić information content (AvgIpc) is 2.38. The first-order chi connectivity index (χ1) is 7.90. The smallest absolute Gasteiger partial charge is 0.00926 e. The summed E-state index contributed by atoms with van der Waals surface area (Å²) in [6.45, 7) is 6.28. The highest BCUT2D eigenvalue weighted by Crippen LogP contribution is 2.20.